The molecule has 0 aromatic heterocycles. The van der Waals surface area contributed by atoms with Gasteiger partial charge in [0, 0.05) is 6.54 Å². The molecule has 0 amide bonds. The molecule has 5 nitrogen and oxygen atoms in total. The summed E-state index contributed by atoms with van der Waals surface area (Å²) in [5, 5.41) is 3.04. The molecule has 0 aliphatic heterocycles. The molecule has 0 saturated heterocycles. The van der Waals surface area contributed by atoms with Crippen LogP contribution in [-0.4, -0.2) is 59.8 Å². The van der Waals surface area contributed by atoms with Gasteiger partial charge in [-0.3, -0.25) is 0 Å². The van der Waals surface area contributed by atoms with Crippen LogP contribution in [0.3, 0.4) is 0 Å². The highest BCUT2D eigenvalue weighted by Crippen LogP contribution is 2.40. The lowest BCUT2D eigenvalue weighted by Crippen LogP contribution is -2.34. The van der Waals surface area contributed by atoms with Crippen LogP contribution in [0.2, 0.25) is 0 Å². The largest absolute Gasteiger partial charge is 0.378 e. The molecule has 0 aliphatic rings. The van der Waals surface area contributed by atoms with Gasteiger partial charge < -0.3 is 24.3 Å². The predicted octanol–water partition coefficient (Wildman–Crippen LogP) is 4.26. The van der Waals surface area contributed by atoms with Gasteiger partial charge in [-0.15, -0.1) is 0 Å². The van der Waals surface area contributed by atoms with Crippen molar-refractivity contribution >= 4 is 0 Å². The van der Waals surface area contributed by atoms with Gasteiger partial charge in [-0.1, -0.05) is 91.0 Å². The summed E-state index contributed by atoms with van der Waals surface area (Å²) in [6, 6.07) is 31.1. The molecule has 3 aromatic rings. The highest BCUT2D eigenvalue weighted by molar-refractivity contribution is 5.47. The number of ether oxygens (including phenoxy) is 4. The van der Waals surface area contributed by atoms with E-state index in [0.717, 1.165) is 23.2 Å². The molecule has 176 valence electrons. The predicted molar refractivity (Wildman–Crippen MR) is 132 cm³/mol. The van der Waals surface area contributed by atoms with E-state index in [0.29, 0.717) is 46.2 Å². The molecule has 1 N–H and O–H groups in total. The van der Waals surface area contributed by atoms with Crippen molar-refractivity contribution in [2.45, 2.75) is 5.60 Å². The van der Waals surface area contributed by atoms with Crippen molar-refractivity contribution in [3.05, 3.63) is 108 Å². The zero-order chi connectivity index (χ0) is 23.0. The van der Waals surface area contributed by atoms with E-state index in [1.165, 1.54) is 0 Å². The lowest BCUT2D eigenvalue weighted by molar-refractivity contribution is -0.0367. The third-order valence-corrected chi connectivity index (χ3v) is 5.33. The van der Waals surface area contributed by atoms with Crippen LogP contribution in [0.15, 0.2) is 91.0 Å². The van der Waals surface area contributed by atoms with Crippen molar-refractivity contribution in [3.8, 4) is 0 Å². The molecule has 0 fully saturated rings. The monoisotopic (exact) mass is 449 g/mol. The summed E-state index contributed by atoms with van der Waals surface area (Å²) in [6.45, 7) is 4.70. The Hall–Kier alpha value is -2.54. The molecule has 0 radical (unpaired) electrons. The van der Waals surface area contributed by atoms with E-state index in [9.17, 15) is 0 Å². The van der Waals surface area contributed by atoms with E-state index in [4.69, 9.17) is 18.9 Å². The second-order valence-corrected chi connectivity index (χ2v) is 7.57. The number of nitrogens with one attached hydrogen (secondary N) is 1. The summed E-state index contributed by atoms with van der Waals surface area (Å²) in [7, 11) is 1.91. The molecule has 0 unspecified atom stereocenters. The number of hydrogen-bond acceptors (Lipinski definition) is 5. The molecule has 0 bridgehead atoms. The van der Waals surface area contributed by atoms with Gasteiger partial charge in [0.2, 0.25) is 0 Å². The topological polar surface area (TPSA) is 49.0 Å². The first-order chi connectivity index (χ1) is 16.4. The van der Waals surface area contributed by atoms with Gasteiger partial charge in [0.1, 0.15) is 5.60 Å². The third-order valence-electron chi connectivity index (χ3n) is 5.33. The van der Waals surface area contributed by atoms with Crippen LogP contribution in [0.25, 0.3) is 0 Å². The fourth-order valence-corrected chi connectivity index (χ4v) is 3.74. The molecule has 0 aliphatic carbocycles. The number of benzene rings is 3. The second kappa shape index (κ2) is 14.6. The van der Waals surface area contributed by atoms with Crippen molar-refractivity contribution in [1.29, 1.82) is 0 Å². The maximum absolute atomic E-state index is 6.68. The van der Waals surface area contributed by atoms with Gasteiger partial charge in [0.15, 0.2) is 0 Å². The van der Waals surface area contributed by atoms with Crippen LogP contribution in [0.4, 0.5) is 0 Å². The summed E-state index contributed by atoms with van der Waals surface area (Å²) in [5.41, 5.74) is 2.55. The summed E-state index contributed by atoms with van der Waals surface area (Å²) < 4.78 is 23.5. The zero-order valence-electron chi connectivity index (χ0n) is 19.5. The second-order valence-electron chi connectivity index (χ2n) is 7.57. The molecule has 0 heterocycles. The van der Waals surface area contributed by atoms with E-state index < -0.39 is 5.60 Å². The summed E-state index contributed by atoms with van der Waals surface area (Å²) in [4.78, 5) is 0. The van der Waals surface area contributed by atoms with Gasteiger partial charge in [0.05, 0.1) is 46.2 Å². The Bertz CT molecular complexity index is 778. The zero-order valence-corrected chi connectivity index (χ0v) is 19.5. The minimum absolute atomic E-state index is 0.450. The summed E-state index contributed by atoms with van der Waals surface area (Å²) >= 11 is 0. The van der Waals surface area contributed by atoms with Gasteiger partial charge in [0.25, 0.3) is 0 Å². The molecular weight excluding hydrogens is 414 g/mol. The van der Waals surface area contributed by atoms with E-state index >= 15 is 0 Å². The van der Waals surface area contributed by atoms with Crippen molar-refractivity contribution < 1.29 is 18.9 Å². The number of hydrogen-bond donors (Lipinski definition) is 1. The smallest absolute Gasteiger partial charge is 0.143 e. The van der Waals surface area contributed by atoms with Crippen molar-refractivity contribution in [3.63, 3.8) is 0 Å². The Morgan fingerprint density at radius 2 is 0.879 bits per heavy atom. The van der Waals surface area contributed by atoms with Crippen LogP contribution < -0.4 is 5.32 Å². The lowest BCUT2D eigenvalue weighted by Gasteiger charge is -2.36. The molecule has 3 rings (SSSR count). The van der Waals surface area contributed by atoms with Gasteiger partial charge in [-0.25, -0.2) is 0 Å². The average Bonchev–Trinajstić information content (AvgIpc) is 2.89. The third kappa shape index (κ3) is 7.49. The fraction of sp³-hybridized carbons (Fsp3) is 0.357. The standard InChI is InChI=1S/C28H35NO4/c1-29-17-18-30-19-20-31-21-22-32-23-24-33-28(25-11-5-2-6-12-25,26-13-7-3-8-14-26)27-15-9-4-10-16-27/h2-16,29H,17-24H2,1H3. The Morgan fingerprint density at radius 3 is 1.27 bits per heavy atom. The minimum Gasteiger partial charge on any atom is -0.378 e. The fourth-order valence-electron chi connectivity index (χ4n) is 3.74. The highest BCUT2D eigenvalue weighted by atomic mass is 16.6. The molecule has 3 aromatic carbocycles. The quantitative estimate of drug-likeness (QED) is 0.262. The van der Waals surface area contributed by atoms with Crippen LogP contribution >= 0.6 is 0 Å². The van der Waals surface area contributed by atoms with Crippen molar-refractivity contribution in [1.82, 2.24) is 5.32 Å². The Balaban J connectivity index is 1.59. The maximum Gasteiger partial charge on any atom is 0.143 e. The first-order valence-electron chi connectivity index (χ1n) is 11.6. The Labute approximate surface area is 197 Å². The normalized spacial score (nSPS) is 11.5. The van der Waals surface area contributed by atoms with Gasteiger partial charge >= 0.3 is 0 Å². The van der Waals surface area contributed by atoms with Crippen LogP contribution in [0.5, 0.6) is 0 Å². The molecule has 0 atom stereocenters. The molecule has 0 spiro atoms. The molecule has 0 saturated carbocycles. The van der Waals surface area contributed by atoms with E-state index in [-0.39, 0.29) is 0 Å². The first kappa shape index (κ1) is 25.1. The number of likely N-dealkylation sites (N-methyl/N-ethyl adjacent to an activating group) is 1. The minimum atomic E-state index is -0.714. The Kier molecular flexibility index (Phi) is 11.1. The Morgan fingerprint density at radius 1 is 0.515 bits per heavy atom. The highest BCUT2D eigenvalue weighted by Gasteiger charge is 2.37. The molecule has 5 heteroatoms. The number of rotatable bonds is 16. The molecular formula is C28H35NO4. The van der Waals surface area contributed by atoms with Crippen molar-refractivity contribution in [2.24, 2.45) is 0 Å². The molecule has 33 heavy (non-hydrogen) atoms. The lowest BCUT2D eigenvalue weighted by atomic mass is 9.80. The summed E-state index contributed by atoms with van der Waals surface area (Å²) in [5.74, 6) is 0. The first-order valence-corrected chi connectivity index (χ1v) is 11.6. The SMILES string of the molecule is CNCCOCCOCCOCCOC(c1ccccc1)(c1ccccc1)c1ccccc1. The maximum atomic E-state index is 6.68. The summed E-state index contributed by atoms with van der Waals surface area (Å²) in [6.07, 6.45) is 0. The van der Waals surface area contributed by atoms with Gasteiger partial charge in [-0.2, -0.15) is 0 Å². The van der Waals surface area contributed by atoms with Crippen LogP contribution in [0.1, 0.15) is 16.7 Å². The average molecular weight is 450 g/mol. The van der Waals surface area contributed by atoms with E-state index in [1.807, 2.05) is 25.2 Å². The van der Waals surface area contributed by atoms with Crippen molar-refractivity contribution in [2.75, 3.05) is 59.8 Å². The van der Waals surface area contributed by atoms with Gasteiger partial charge in [-0.05, 0) is 23.7 Å². The van der Waals surface area contributed by atoms with Crippen LogP contribution in [-0.2, 0) is 24.5 Å². The van der Waals surface area contributed by atoms with E-state index in [1.54, 1.807) is 0 Å². The van der Waals surface area contributed by atoms with E-state index in [2.05, 4.69) is 78.1 Å². The van der Waals surface area contributed by atoms with Crippen LogP contribution in [0, 0.1) is 0 Å².